The minimum Gasteiger partial charge on any atom is -0.481 e. The highest BCUT2D eigenvalue weighted by atomic mass is 16.6. The molecule has 0 heterocycles. The molecule has 16 heavy (non-hydrogen) atoms. The van der Waals surface area contributed by atoms with Crippen LogP contribution in [0, 0.1) is 6.07 Å². The summed E-state index contributed by atoms with van der Waals surface area (Å²) in [4.78, 5) is 11.0. The van der Waals surface area contributed by atoms with Crippen molar-refractivity contribution in [2.24, 2.45) is 0 Å². The molecule has 0 spiro atoms. The predicted octanol–water partition coefficient (Wildman–Crippen LogP) is 2.19. The van der Waals surface area contributed by atoms with Crippen molar-refractivity contribution in [1.82, 2.24) is 0 Å². The van der Waals surface area contributed by atoms with Crippen LogP contribution in [-0.2, 0) is 9.53 Å². The quantitative estimate of drug-likeness (QED) is 0.736. The minimum atomic E-state index is -0.402. The average molecular weight is 215 g/mol. The molecule has 2 aromatic rings. The van der Waals surface area contributed by atoms with E-state index in [0.717, 1.165) is 10.8 Å². The summed E-state index contributed by atoms with van der Waals surface area (Å²) in [5, 5.41) is 2.00. The third-order valence-corrected chi connectivity index (χ3v) is 2.24. The van der Waals surface area contributed by atoms with Crippen LogP contribution in [0.15, 0.2) is 36.4 Å². The van der Waals surface area contributed by atoms with Gasteiger partial charge in [-0.25, -0.2) is 4.79 Å². The maximum atomic E-state index is 11.0. The second-order valence-corrected chi connectivity index (χ2v) is 3.26. The van der Waals surface area contributed by atoms with Crippen molar-refractivity contribution in [3.63, 3.8) is 0 Å². The summed E-state index contributed by atoms with van der Waals surface area (Å²) in [5.74, 6) is 0.171. The van der Waals surface area contributed by atoms with Crippen molar-refractivity contribution in [3.05, 3.63) is 42.5 Å². The van der Waals surface area contributed by atoms with Gasteiger partial charge in [0.1, 0.15) is 5.75 Å². The molecule has 81 valence electrons. The van der Waals surface area contributed by atoms with Gasteiger partial charge in [-0.2, -0.15) is 0 Å². The van der Waals surface area contributed by atoms with Crippen molar-refractivity contribution in [1.29, 1.82) is 0 Å². The van der Waals surface area contributed by atoms with Crippen LogP contribution in [0.1, 0.15) is 0 Å². The van der Waals surface area contributed by atoms with E-state index >= 15 is 0 Å². The Morgan fingerprint density at radius 1 is 1.31 bits per heavy atom. The molecule has 3 nitrogen and oxygen atoms in total. The first-order chi connectivity index (χ1) is 7.81. The van der Waals surface area contributed by atoms with E-state index in [4.69, 9.17) is 4.74 Å². The molecule has 0 unspecified atom stereocenters. The Balaban J connectivity index is 2.27. The molecule has 0 atom stereocenters. The van der Waals surface area contributed by atoms with Gasteiger partial charge in [0.05, 0.1) is 7.11 Å². The molecular weight excluding hydrogens is 204 g/mol. The minimum absolute atomic E-state index is 0.0962. The summed E-state index contributed by atoms with van der Waals surface area (Å²) in [7, 11) is 1.33. The van der Waals surface area contributed by atoms with Gasteiger partial charge >= 0.3 is 5.97 Å². The SMILES string of the molecule is COC(=O)COc1[c]ccc2ccccc12. The van der Waals surface area contributed by atoms with Crippen molar-refractivity contribution < 1.29 is 14.3 Å². The molecule has 0 N–H and O–H groups in total. The van der Waals surface area contributed by atoms with Crippen LogP contribution < -0.4 is 4.74 Å². The van der Waals surface area contributed by atoms with E-state index in [-0.39, 0.29) is 6.61 Å². The Morgan fingerprint density at radius 3 is 2.94 bits per heavy atom. The van der Waals surface area contributed by atoms with Gasteiger partial charge in [0.25, 0.3) is 0 Å². The summed E-state index contributed by atoms with van der Waals surface area (Å²) in [6.07, 6.45) is 0. The number of ether oxygens (including phenoxy) is 2. The molecular formula is C13H11O3. The molecule has 0 amide bonds. The summed E-state index contributed by atoms with van der Waals surface area (Å²) < 4.78 is 9.85. The number of carbonyl (C=O) groups excluding carboxylic acids is 1. The number of fused-ring (bicyclic) bond motifs is 1. The Kier molecular flexibility index (Phi) is 3.05. The van der Waals surface area contributed by atoms with Crippen molar-refractivity contribution in [2.75, 3.05) is 13.7 Å². The number of hydrogen-bond acceptors (Lipinski definition) is 3. The van der Waals surface area contributed by atoms with Gasteiger partial charge in [-0.05, 0) is 11.5 Å². The summed E-state index contributed by atoms with van der Waals surface area (Å²) in [6, 6.07) is 14.5. The monoisotopic (exact) mass is 215 g/mol. The second kappa shape index (κ2) is 4.66. The molecule has 0 aliphatic heterocycles. The normalized spacial score (nSPS) is 10.1. The first-order valence-electron chi connectivity index (χ1n) is 4.90. The molecule has 3 heteroatoms. The maximum absolute atomic E-state index is 11.0. The van der Waals surface area contributed by atoms with Gasteiger partial charge in [0.15, 0.2) is 6.61 Å². The van der Waals surface area contributed by atoms with Gasteiger partial charge in [0, 0.05) is 11.5 Å². The Morgan fingerprint density at radius 2 is 2.12 bits per heavy atom. The lowest BCUT2D eigenvalue weighted by atomic mass is 10.1. The number of esters is 1. The molecule has 0 bridgehead atoms. The summed E-state index contributed by atoms with van der Waals surface area (Å²) in [5.41, 5.74) is 0. The third-order valence-electron chi connectivity index (χ3n) is 2.24. The number of benzene rings is 2. The predicted molar refractivity (Wildman–Crippen MR) is 60.3 cm³/mol. The fraction of sp³-hybridized carbons (Fsp3) is 0.154. The van der Waals surface area contributed by atoms with Crippen LogP contribution in [0.25, 0.3) is 10.8 Å². The van der Waals surface area contributed by atoms with Crippen molar-refractivity contribution in [2.45, 2.75) is 0 Å². The van der Waals surface area contributed by atoms with Gasteiger partial charge in [-0.15, -0.1) is 0 Å². The lowest BCUT2D eigenvalue weighted by Gasteiger charge is -2.07. The molecule has 0 fully saturated rings. The molecule has 2 aromatic carbocycles. The first kappa shape index (κ1) is 10.5. The highest BCUT2D eigenvalue weighted by molar-refractivity contribution is 5.88. The third kappa shape index (κ3) is 2.14. The number of methoxy groups -OCH3 is 1. The molecule has 0 saturated carbocycles. The molecule has 1 radical (unpaired) electrons. The average Bonchev–Trinajstić information content (AvgIpc) is 2.35. The zero-order chi connectivity index (χ0) is 11.4. The lowest BCUT2D eigenvalue weighted by Crippen LogP contribution is -2.12. The van der Waals surface area contributed by atoms with Crippen LogP contribution in [0.4, 0.5) is 0 Å². The molecule has 0 aliphatic carbocycles. The largest absolute Gasteiger partial charge is 0.481 e. The fourth-order valence-corrected chi connectivity index (χ4v) is 1.44. The molecule has 0 aromatic heterocycles. The Labute approximate surface area is 93.6 Å². The van der Waals surface area contributed by atoms with Gasteiger partial charge in [-0.1, -0.05) is 30.3 Å². The van der Waals surface area contributed by atoms with Gasteiger partial charge in [0.2, 0.25) is 0 Å². The second-order valence-electron chi connectivity index (χ2n) is 3.26. The van der Waals surface area contributed by atoms with E-state index in [2.05, 4.69) is 10.8 Å². The molecule has 0 aliphatic rings. The maximum Gasteiger partial charge on any atom is 0.343 e. The number of rotatable bonds is 3. The van der Waals surface area contributed by atoms with E-state index in [1.807, 2.05) is 30.3 Å². The van der Waals surface area contributed by atoms with Gasteiger partial charge < -0.3 is 9.47 Å². The Hall–Kier alpha value is -2.03. The van der Waals surface area contributed by atoms with E-state index in [1.165, 1.54) is 7.11 Å². The highest BCUT2D eigenvalue weighted by Crippen LogP contribution is 2.24. The summed E-state index contributed by atoms with van der Waals surface area (Å²) >= 11 is 0. The van der Waals surface area contributed by atoms with E-state index in [9.17, 15) is 4.79 Å². The van der Waals surface area contributed by atoms with Crippen LogP contribution in [-0.4, -0.2) is 19.7 Å². The number of carbonyl (C=O) groups is 1. The lowest BCUT2D eigenvalue weighted by molar-refractivity contribution is -0.142. The van der Waals surface area contributed by atoms with Gasteiger partial charge in [-0.3, -0.25) is 0 Å². The zero-order valence-corrected chi connectivity index (χ0v) is 8.90. The first-order valence-corrected chi connectivity index (χ1v) is 4.90. The van der Waals surface area contributed by atoms with Crippen LogP contribution in [0.2, 0.25) is 0 Å². The van der Waals surface area contributed by atoms with E-state index in [0.29, 0.717) is 5.75 Å². The van der Waals surface area contributed by atoms with Crippen LogP contribution in [0.5, 0.6) is 5.75 Å². The van der Waals surface area contributed by atoms with E-state index < -0.39 is 5.97 Å². The van der Waals surface area contributed by atoms with Crippen molar-refractivity contribution >= 4 is 16.7 Å². The highest BCUT2D eigenvalue weighted by Gasteiger charge is 2.05. The van der Waals surface area contributed by atoms with Crippen LogP contribution in [0.3, 0.4) is 0 Å². The van der Waals surface area contributed by atoms with E-state index in [1.54, 1.807) is 6.07 Å². The molecule has 2 rings (SSSR count). The number of hydrogen-bond donors (Lipinski definition) is 0. The Bertz CT molecular complexity index is 500. The fourth-order valence-electron chi connectivity index (χ4n) is 1.44. The summed E-state index contributed by atoms with van der Waals surface area (Å²) in [6.45, 7) is -0.0962. The molecule has 0 saturated heterocycles. The standard InChI is InChI=1S/C13H11O3/c1-15-13(14)9-16-12-8-4-6-10-5-2-3-7-11(10)12/h2-7H,9H2,1H3. The van der Waals surface area contributed by atoms with Crippen molar-refractivity contribution in [3.8, 4) is 5.75 Å². The van der Waals surface area contributed by atoms with Crippen LogP contribution >= 0.6 is 0 Å². The smallest absolute Gasteiger partial charge is 0.343 e. The zero-order valence-electron chi connectivity index (χ0n) is 8.90. The topological polar surface area (TPSA) is 35.5 Å².